The fraction of sp³-hybridized carbons (Fsp3) is 0.100. The molecule has 0 atom stereocenters. The number of oxazole rings is 1. The molecule has 0 aliphatic carbocycles. The first-order valence-corrected chi connectivity index (χ1v) is 7.02. The molecule has 2 N–H and O–H groups in total. The quantitative estimate of drug-likeness (QED) is 0.685. The number of hydrogen-bond acceptors (Lipinski definition) is 8. The van der Waals surface area contributed by atoms with Crippen LogP contribution in [0.25, 0.3) is 22.9 Å². The molecule has 0 saturated heterocycles. The van der Waals surface area contributed by atoms with Crippen molar-refractivity contribution in [3.05, 3.63) is 18.4 Å². The average molecular weight is 280 g/mol. The summed E-state index contributed by atoms with van der Waals surface area (Å²) in [6.45, 7) is 0. The summed E-state index contributed by atoms with van der Waals surface area (Å²) in [7, 11) is -3.57. The summed E-state index contributed by atoms with van der Waals surface area (Å²) in [5.41, 5.74) is 5.84. The van der Waals surface area contributed by atoms with Gasteiger partial charge >= 0.3 is 0 Å². The van der Waals surface area contributed by atoms with Crippen molar-refractivity contribution in [2.75, 3.05) is 12.0 Å². The van der Waals surface area contributed by atoms with Gasteiger partial charge in [0.05, 0.1) is 6.26 Å². The Morgan fingerprint density at radius 3 is 2.68 bits per heavy atom. The van der Waals surface area contributed by atoms with E-state index in [1.165, 1.54) is 6.26 Å². The molecule has 0 saturated carbocycles. The molecule has 0 amide bonds. The Balaban J connectivity index is 2.26. The maximum atomic E-state index is 11.4. The lowest BCUT2D eigenvalue weighted by atomic mass is 10.4. The van der Waals surface area contributed by atoms with Crippen LogP contribution in [-0.4, -0.2) is 29.6 Å². The highest BCUT2D eigenvalue weighted by Gasteiger charge is 2.19. The van der Waals surface area contributed by atoms with Crippen LogP contribution in [0, 0.1) is 0 Å². The molecule has 0 fully saturated rings. The Labute approximate surface area is 107 Å². The Morgan fingerprint density at radius 2 is 2.05 bits per heavy atom. The topological polar surface area (TPSA) is 125 Å². The number of nitrogens with zero attached hydrogens (tertiary/aromatic N) is 3. The number of aromatic nitrogens is 3. The van der Waals surface area contributed by atoms with Crippen LogP contribution in [0.15, 0.2) is 32.4 Å². The number of nitrogen functional groups attached to an aromatic ring is 1. The van der Waals surface area contributed by atoms with Crippen molar-refractivity contribution >= 4 is 26.9 Å². The van der Waals surface area contributed by atoms with Crippen LogP contribution in [0.1, 0.15) is 0 Å². The third-order valence-corrected chi connectivity index (χ3v) is 3.17. The highest BCUT2D eigenvalue weighted by Crippen LogP contribution is 2.26. The van der Waals surface area contributed by atoms with Gasteiger partial charge in [0.1, 0.15) is 0 Å². The predicted octanol–water partition coefficient (Wildman–Crippen LogP) is 0.864. The van der Waals surface area contributed by atoms with Crippen molar-refractivity contribution in [1.82, 2.24) is 15.0 Å². The monoisotopic (exact) mass is 280 g/mol. The standard InChI is InChI=1S/C10H8N4O4S/c1-19(15,16)10-13-7(11)6-9(14-10)18-8(12-6)5-3-2-4-17-5/h2-4H,1H3,(H2,11,13,14). The minimum atomic E-state index is -3.57. The second-order valence-corrected chi connectivity index (χ2v) is 5.72. The highest BCUT2D eigenvalue weighted by molar-refractivity contribution is 7.90. The van der Waals surface area contributed by atoms with Crippen molar-refractivity contribution in [1.29, 1.82) is 0 Å². The fourth-order valence-electron chi connectivity index (χ4n) is 1.49. The zero-order chi connectivity index (χ0) is 13.6. The minimum Gasteiger partial charge on any atom is -0.459 e. The van der Waals surface area contributed by atoms with E-state index in [1.54, 1.807) is 12.1 Å². The van der Waals surface area contributed by atoms with Crippen molar-refractivity contribution < 1.29 is 17.3 Å². The van der Waals surface area contributed by atoms with Crippen molar-refractivity contribution in [2.45, 2.75) is 5.16 Å². The van der Waals surface area contributed by atoms with Crippen LogP contribution in [0.5, 0.6) is 0 Å². The van der Waals surface area contributed by atoms with Gasteiger partial charge in [-0.3, -0.25) is 0 Å². The smallest absolute Gasteiger partial charge is 0.265 e. The minimum absolute atomic E-state index is 0.000625. The molecular weight excluding hydrogens is 272 g/mol. The summed E-state index contributed by atoms with van der Waals surface area (Å²) in [4.78, 5) is 11.6. The summed E-state index contributed by atoms with van der Waals surface area (Å²) in [5.74, 6) is 0.483. The molecule has 0 aliphatic heterocycles. The SMILES string of the molecule is CS(=O)(=O)c1nc(N)c2nc(-c3ccco3)oc2n1. The number of fused-ring (bicyclic) bond motifs is 1. The molecule has 19 heavy (non-hydrogen) atoms. The van der Waals surface area contributed by atoms with E-state index in [2.05, 4.69) is 15.0 Å². The molecule has 9 heteroatoms. The molecule has 0 aromatic carbocycles. The van der Waals surface area contributed by atoms with E-state index in [1.807, 2.05) is 0 Å². The molecule has 3 aromatic rings. The van der Waals surface area contributed by atoms with Gasteiger partial charge in [0.25, 0.3) is 16.8 Å². The second kappa shape index (κ2) is 3.79. The Morgan fingerprint density at radius 1 is 1.26 bits per heavy atom. The lowest BCUT2D eigenvalue weighted by Gasteiger charge is -1.97. The maximum absolute atomic E-state index is 11.4. The van der Waals surface area contributed by atoms with E-state index >= 15 is 0 Å². The predicted molar refractivity (Wildman–Crippen MR) is 64.8 cm³/mol. The first kappa shape index (κ1) is 11.7. The molecule has 0 radical (unpaired) electrons. The zero-order valence-corrected chi connectivity index (χ0v) is 10.5. The molecular formula is C10H8N4O4S. The molecule has 8 nitrogen and oxygen atoms in total. The van der Waals surface area contributed by atoms with Gasteiger partial charge in [-0.15, -0.1) is 0 Å². The van der Waals surface area contributed by atoms with E-state index in [-0.39, 0.29) is 22.9 Å². The summed E-state index contributed by atoms with van der Waals surface area (Å²) in [5, 5.41) is -0.403. The number of anilines is 1. The van der Waals surface area contributed by atoms with Gasteiger partial charge < -0.3 is 14.6 Å². The van der Waals surface area contributed by atoms with Crippen molar-refractivity contribution in [2.24, 2.45) is 0 Å². The molecule has 0 bridgehead atoms. The largest absolute Gasteiger partial charge is 0.459 e. The number of nitrogens with two attached hydrogens (primary N) is 1. The van der Waals surface area contributed by atoms with Gasteiger partial charge in [-0.1, -0.05) is 0 Å². The fourth-order valence-corrected chi connectivity index (χ4v) is 2.01. The van der Waals surface area contributed by atoms with Crippen LogP contribution >= 0.6 is 0 Å². The lowest BCUT2D eigenvalue weighted by molar-refractivity contribution is 0.529. The lowest BCUT2D eigenvalue weighted by Crippen LogP contribution is -2.06. The Kier molecular flexibility index (Phi) is 2.32. The number of furan rings is 1. The van der Waals surface area contributed by atoms with E-state index in [0.717, 1.165) is 6.26 Å². The van der Waals surface area contributed by atoms with Gasteiger partial charge in [-0.2, -0.15) is 9.97 Å². The summed E-state index contributed by atoms with van der Waals surface area (Å²) >= 11 is 0. The van der Waals surface area contributed by atoms with Crippen LogP contribution in [0.3, 0.4) is 0 Å². The summed E-state index contributed by atoms with van der Waals surface area (Å²) in [6, 6.07) is 3.31. The van der Waals surface area contributed by atoms with Crippen LogP contribution in [0.2, 0.25) is 0 Å². The van der Waals surface area contributed by atoms with E-state index < -0.39 is 15.0 Å². The van der Waals surface area contributed by atoms with Gasteiger partial charge in [0, 0.05) is 6.26 Å². The van der Waals surface area contributed by atoms with Gasteiger partial charge in [-0.25, -0.2) is 13.4 Å². The Bertz CT molecular complexity index is 851. The average Bonchev–Trinajstić information content (AvgIpc) is 2.95. The maximum Gasteiger partial charge on any atom is 0.265 e. The third kappa shape index (κ3) is 1.93. The van der Waals surface area contributed by atoms with Gasteiger partial charge in [0.15, 0.2) is 17.1 Å². The summed E-state index contributed by atoms with van der Waals surface area (Å²) in [6.07, 6.45) is 2.44. The molecule has 3 rings (SSSR count). The molecule has 0 spiro atoms. The van der Waals surface area contributed by atoms with Crippen LogP contribution in [-0.2, 0) is 9.84 Å². The third-order valence-electron chi connectivity index (χ3n) is 2.33. The number of rotatable bonds is 2. The highest BCUT2D eigenvalue weighted by atomic mass is 32.2. The Hall–Kier alpha value is -2.42. The molecule has 98 valence electrons. The van der Waals surface area contributed by atoms with Crippen LogP contribution in [0.4, 0.5) is 5.82 Å². The first-order chi connectivity index (χ1) is 8.95. The first-order valence-electron chi connectivity index (χ1n) is 5.13. The molecule has 3 aromatic heterocycles. The zero-order valence-electron chi connectivity index (χ0n) is 9.69. The normalized spacial score (nSPS) is 12.1. The van der Waals surface area contributed by atoms with Gasteiger partial charge in [-0.05, 0) is 12.1 Å². The number of sulfone groups is 1. The van der Waals surface area contributed by atoms with E-state index in [0.29, 0.717) is 5.76 Å². The van der Waals surface area contributed by atoms with Gasteiger partial charge in [0.2, 0.25) is 9.84 Å². The van der Waals surface area contributed by atoms with E-state index in [9.17, 15) is 8.42 Å². The molecule has 0 aliphatic rings. The summed E-state index contributed by atoms with van der Waals surface area (Å²) < 4.78 is 33.3. The van der Waals surface area contributed by atoms with Crippen molar-refractivity contribution in [3.63, 3.8) is 0 Å². The van der Waals surface area contributed by atoms with Crippen LogP contribution < -0.4 is 5.73 Å². The molecule has 3 heterocycles. The number of hydrogen-bond donors (Lipinski definition) is 1. The second-order valence-electron chi connectivity index (χ2n) is 3.81. The van der Waals surface area contributed by atoms with E-state index in [4.69, 9.17) is 14.6 Å². The molecule has 0 unspecified atom stereocenters. The van der Waals surface area contributed by atoms with Crippen molar-refractivity contribution in [3.8, 4) is 11.7 Å².